The summed E-state index contributed by atoms with van der Waals surface area (Å²) < 4.78 is 38.1. The number of piperidine rings is 1. The van der Waals surface area contributed by atoms with Crippen molar-refractivity contribution in [1.29, 1.82) is 0 Å². The van der Waals surface area contributed by atoms with E-state index in [2.05, 4.69) is 4.98 Å². The molecule has 0 aliphatic carbocycles. The van der Waals surface area contributed by atoms with Crippen LogP contribution in [0, 0.1) is 5.92 Å². The summed E-state index contributed by atoms with van der Waals surface area (Å²) in [5.74, 6) is -1.25. The maximum atomic E-state index is 12.7. The highest BCUT2D eigenvalue weighted by Crippen LogP contribution is 2.33. The van der Waals surface area contributed by atoms with Crippen molar-refractivity contribution in [3.63, 3.8) is 0 Å². The first-order valence-electron chi connectivity index (χ1n) is 5.96. The molecule has 2 nitrogen and oxygen atoms in total. The molecule has 1 fully saturated rings. The minimum atomic E-state index is -4.12. The standard InChI is InChI=1S/C12H13Cl2F3N2/c13-10-4-3-8(11(14)18-10)6-19-5-1-2-9(7-19)12(15,16)17/h3-4,9H,1-2,5-7H2. The normalized spacial score (nSPS) is 21.6. The van der Waals surface area contributed by atoms with Crippen LogP contribution in [-0.2, 0) is 6.54 Å². The summed E-state index contributed by atoms with van der Waals surface area (Å²) in [5.41, 5.74) is 0.703. The van der Waals surface area contributed by atoms with Gasteiger partial charge < -0.3 is 0 Å². The number of alkyl halides is 3. The van der Waals surface area contributed by atoms with Crippen molar-refractivity contribution >= 4 is 23.2 Å². The van der Waals surface area contributed by atoms with Gasteiger partial charge in [-0.1, -0.05) is 29.3 Å². The quantitative estimate of drug-likeness (QED) is 0.762. The maximum Gasteiger partial charge on any atom is 0.393 e. The highest BCUT2D eigenvalue weighted by molar-refractivity contribution is 6.32. The van der Waals surface area contributed by atoms with E-state index < -0.39 is 12.1 Å². The molecule has 0 saturated carbocycles. The van der Waals surface area contributed by atoms with Gasteiger partial charge in [0.1, 0.15) is 10.3 Å². The Hall–Kier alpha value is -0.520. The first-order valence-corrected chi connectivity index (χ1v) is 6.72. The van der Waals surface area contributed by atoms with Crippen LogP contribution in [-0.4, -0.2) is 29.1 Å². The van der Waals surface area contributed by atoms with Crippen molar-refractivity contribution in [2.45, 2.75) is 25.6 Å². The number of likely N-dealkylation sites (tertiary alicyclic amines) is 1. The molecule has 1 atom stereocenters. The van der Waals surface area contributed by atoms with Crippen LogP contribution < -0.4 is 0 Å². The van der Waals surface area contributed by atoms with E-state index in [1.54, 1.807) is 17.0 Å². The van der Waals surface area contributed by atoms with Crippen LogP contribution in [0.15, 0.2) is 12.1 Å². The number of halogens is 5. The Morgan fingerprint density at radius 1 is 1.32 bits per heavy atom. The van der Waals surface area contributed by atoms with Crippen molar-refractivity contribution in [2.75, 3.05) is 13.1 Å². The minimum Gasteiger partial charge on any atom is -0.298 e. The van der Waals surface area contributed by atoms with E-state index in [1.165, 1.54) is 0 Å². The van der Waals surface area contributed by atoms with Crippen LogP contribution in [0.2, 0.25) is 10.3 Å². The van der Waals surface area contributed by atoms with Gasteiger partial charge in [0.15, 0.2) is 0 Å². The summed E-state index contributed by atoms with van der Waals surface area (Å²) in [6, 6.07) is 3.29. The molecule has 19 heavy (non-hydrogen) atoms. The molecule has 1 aliphatic rings. The minimum absolute atomic E-state index is 0.0163. The third kappa shape index (κ3) is 3.97. The van der Waals surface area contributed by atoms with Crippen molar-refractivity contribution in [1.82, 2.24) is 9.88 Å². The van der Waals surface area contributed by atoms with E-state index in [9.17, 15) is 13.2 Å². The highest BCUT2D eigenvalue weighted by Gasteiger charge is 2.41. The molecule has 0 radical (unpaired) electrons. The molecule has 1 saturated heterocycles. The average Bonchev–Trinajstić information content (AvgIpc) is 2.32. The summed E-state index contributed by atoms with van der Waals surface area (Å²) in [4.78, 5) is 5.65. The SMILES string of the molecule is FC(F)(F)C1CCCN(Cc2ccc(Cl)nc2Cl)C1. The first-order chi connectivity index (χ1) is 8.86. The van der Waals surface area contributed by atoms with E-state index in [0.29, 0.717) is 25.1 Å². The van der Waals surface area contributed by atoms with Gasteiger partial charge in [0.25, 0.3) is 0 Å². The van der Waals surface area contributed by atoms with Crippen LogP contribution in [0.5, 0.6) is 0 Å². The molecule has 2 rings (SSSR count). The fourth-order valence-electron chi connectivity index (χ4n) is 2.27. The van der Waals surface area contributed by atoms with Crippen molar-refractivity contribution in [2.24, 2.45) is 5.92 Å². The zero-order chi connectivity index (χ0) is 14.0. The molecule has 0 aromatic carbocycles. The molecule has 7 heteroatoms. The third-order valence-corrected chi connectivity index (χ3v) is 3.79. The van der Waals surface area contributed by atoms with Gasteiger partial charge in [-0.3, -0.25) is 4.90 Å². The Morgan fingerprint density at radius 2 is 2.05 bits per heavy atom. The average molecular weight is 313 g/mol. The van der Waals surface area contributed by atoms with Gasteiger partial charge >= 0.3 is 6.18 Å². The molecule has 0 amide bonds. The van der Waals surface area contributed by atoms with E-state index in [4.69, 9.17) is 23.2 Å². The van der Waals surface area contributed by atoms with Gasteiger partial charge in [0.05, 0.1) is 5.92 Å². The lowest BCUT2D eigenvalue weighted by atomic mass is 9.97. The Balaban J connectivity index is 2.03. The van der Waals surface area contributed by atoms with Crippen LogP contribution in [0.3, 0.4) is 0 Å². The predicted molar refractivity (Wildman–Crippen MR) is 68.3 cm³/mol. The van der Waals surface area contributed by atoms with Crippen molar-refractivity contribution in [3.8, 4) is 0 Å². The topological polar surface area (TPSA) is 16.1 Å². The van der Waals surface area contributed by atoms with E-state index in [-0.39, 0.29) is 23.3 Å². The number of nitrogens with zero attached hydrogens (tertiary/aromatic N) is 2. The molecule has 106 valence electrons. The van der Waals surface area contributed by atoms with Gasteiger partial charge in [-0.2, -0.15) is 13.2 Å². The molecule has 1 unspecified atom stereocenters. The zero-order valence-electron chi connectivity index (χ0n) is 10.1. The molecule has 1 aromatic heterocycles. The number of rotatable bonds is 2. The highest BCUT2D eigenvalue weighted by atomic mass is 35.5. The maximum absolute atomic E-state index is 12.7. The lowest BCUT2D eigenvalue weighted by Crippen LogP contribution is -2.41. The lowest BCUT2D eigenvalue weighted by molar-refractivity contribution is -0.187. The third-order valence-electron chi connectivity index (χ3n) is 3.25. The van der Waals surface area contributed by atoms with E-state index in [0.717, 1.165) is 0 Å². The Morgan fingerprint density at radius 3 is 2.68 bits per heavy atom. The van der Waals surface area contributed by atoms with Gasteiger partial charge in [-0.05, 0) is 25.5 Å². The monoisotopic (exact) mass is 312 g/mol. The summed E-state index contributed by atoms with van der Waals surface area (Å²) in [7, 11) is 0. The van der Waals surface area contributed by atoms with Crippen LogP contribution >= 0.6 is 23.2 Å². The second-order valence-corrected chi connectivity index (χ2v) is 5.45. The molecule has 1 aliphatic heterocycles. The van der Waals surface area contributed by atoms with Gasteiger partial charge in [-0.15, -0.1) is 0 Å². The largest absolute Gasteiger partial charge is 0.393 e. The second kappa shape index (κ2) is 5.85. The van der Waals surface area contributed by atoms with E-state index >= 15 is 0 Å². The Labute approximate surface area is 119 Å². The van der Waals surface area contributed by atoms with Crippen molar-refractivity contribution < 1.29 is 13.2 Å². The summed E-state index contributed by atoms with van der Waals surface area (Å²) in [6.45, 7) is 1.03. The Bertz CT molecular complexity index is 451. The summed E-state index contributed by atoms with van der Waals surface area (Å²) in [5, 5.41) is 0.530. The van der Waals surface area contributed by atoms with E-state index in [1.807, 2.05) is 0 Å². The van der Waals surface area contributed by atoms with Crippen LogP contribution in [0.4, 0.5) is 13.2 Å². The lowest BCUT2D eigenvalue weighted by Gasteiger charge is -2.33. The van der Waals surface area contributed by atoms with Gasteiger partial charge in [0.2, 0.25) is 0 Å². The molecule has 2 heterocycles. The number of aromatic nitrogens is 1. The van der Waals surface area contributed by atoms with Gasteiger partial charge in [-0.25, -0.2) is 4.98 Å². The van der Waals surface area contributed by atoms with Crippen LogP contribution in [0.1, 0.15) is 18.4 Å². The number of hydrogen-bond acceptors (Lipinski definition) is 2. The summed E-state index contributed by atoms with van der Waals surface area (Å²) in [6.07, 6.45) is -3.38. The fraction of sp³-hybridized carbons (Fsp3) is 0.583. The predicted octanol–water partition coefficient (Wildman–Crippen LogP) is 4.16. The van der Waals surface area contributed by atoms with Gasteiger partial charge in [0, 0.05) is 18.7 Å². The molecule has 1 aromatic rings. The summed E-state index contributed by atoms with van der Waals surface area (Å²) >= 11 is 11.6. The number of pyridine rings is 1. The van der Waals surface area contributed by atoms with Crippen molar-refractivity contribution in [3.05, 3.63) is 28.0 Å². The molecular weight excluding hydrogens is 300 g/mol. The number of hydrogen-bond donors (Lipinski definition) is 0. The smallest absolute Gasteiger partial charge is 0.298 e. The fourth-order valence-corrected chi connectivity index (χ4v) is 2.67. The zero-order valence-corrected chi connectivity index (χ0v) is 11.6. The molecule has 0 spiro atoms. The molecular formula is C12H13Cl2F3N2. The second-order valence-electron chi connectivity index (χ2n) is 4.70. The first kappa shape index (κ1) is 14.9. The van der Waals surface area contributed by atoms with Crippen LogP contribution in [0.25, 0.3) is 0 Å². The molecule has 0 bridgehead atoms. The molecule has 0 N–H and O–H groups in total. The Kier molecular flexibility index (Phi) is 4.58.